The Morgan fingerprint density at radius 3 is 2.96 bits per heavy atom. The molecule has 4 nitrogen and oxygen atoms in total. The first-order valence-electron chi connectivity index (χ1n) is 8.88. The molecule has 1 unspecified atom stereocenters. The van der Waals surface area contributed by atoms with E-state index in [1.54, 1.807) is 11.3 Å². The zero-order valence-electron chi connectivity index (χ0n) is 14.2. The normalized spacial score (nSPS) is 22.4. The Hall–Kier alpha value is -0.880. The van der Waals surface area contributed by atoms with Crippen LogP contribution in [0.3, 0.4) is 0 Å². The van der Waals surface area contributed by atoms with Crippen molar-refractivity contribution in [3.8, 4) is 0 Å². The largest absolute Gasteiger partial charge is 0.334 e. The highest BCUT2D eigenvalue weighted by Crippen LogP contribution is 2.56. The lowest BCUT2D eigenvalue weighted by atomic mass is 9.93. The maximum Gasteiger partial charge on any atom is 0.122 e. The van der Waals surface area contributed by atoms with Gasteiger partial charge in [0.05, 0.1) is 11.6 Å². The van der Waals surface area contributed by atoms with Crippen LogP contribution in [0.25, 0.3) is 0 Å². The van der Waals surface area contributed by atoms with Crippen molar-refractivity contribution in [3.63, 3.8) is 0 Å². The van der Waals surface area contributed by atoms with E-state index >= 15 is 0 Å². The highest BCUT2D eigenvalue weighted by molar-refractivity contribution is 7.10. The Kier molecular flexibility index (Phi) is 4.69. The second kappa shape index (κ2) is 6.79. The quantitative estimate of drug-likeness (QED) is 0.847. The van der Waals surface area contributed by atoms with Crippen LogP contribution >= 0.6 is 22.9 Å². The maximum atomic E-state index is 6.38. The first-order chi connectivity index (χ1) is 11.7. The summed E-state index contributed by atoms with van der Waals surface area (Å²) in [6.07, 6.45) is 7.93. The lowest BCUT2D eigenvalue weighted by Crippen LogP contribution is -2.36. The molecule has 1 atom stereocenters. The molecule has 1 spiro atoms. The Labute approximate surface area is 152 Å². The van der Waals surface area contributed by atoms with Gasteiger partial charge in [-0.3, -0.25) is 4.90 Å². The molecule has 2 aliphatic rings. The lowest BCUT2D eigenvalue weighted by Gasteiger charge is -2.29. The van der Waals surface area contributed by atoms with Gasteiger partial charge in [-0.15, -0.1) is 11.3 Å². The molecule has 0 amide bonds. The van der Waals surface area contributed by atoms with E-state index in [1.165, 1.54) is 30.0 Å². The van der Waals surface area contributed by atoms with Gasteiger partial charge in [-0.25, -0.2) is 4.98 Å². The second-order valence-corrected chi connectivity index (χ2v) is 8.47. The fourth-order valence-corrected chi connectivity index (χ4v) is 5.28. The van der Waals surface area contributed by atoms with E-state index in [0.29, 0.717) is 11.5 Å². The smallest absolute Gasteiger partial charge is 0.122 e. The van der Waals surface area contributed by atoms with Crippen LogP contribution in [0.15, 0.2) is 23.8 Å². The van der Waals surface area contributed by atoms with Crippen LogP contribution in [0, 0.1) is 5.41 Å². The van der Waals surface area contributed by atoms with Crippen molar-refractivity contribution in [2.75, 3.05) is 13.1 Å². The molecule has 0 radical (unpaired) electrons. The van der Waals surface area contributed by atoms with E-state index in [2.05, 4.69) is 38.3 Å². The van der Waals surface area contributed by atoms with Crippen LogP contribution in [0.4, 0.5) is 0 Å². The van der Waals surface area contributed by atoms with Crippen molar-refractivity contribution < 1.29 is 0 Å². The van der Waals surface area contributed by atoms with Crippen molar-refractivity contribution in [2.24, 2.45) is 5.41 Å². The molecule has 2 aromatic heterocycles. The van der Waals surface area contributed by atoms with Crippen molar-refractivity contribution in [3.05, 3.63) is 39.6 Å². The van der Waals surface area contributed by atoms with Gasteiger partial charge in [-0.2, -0.15) is 0 Å². The number of thiophene rings is 1. The van der Waals surface area contributed by atoms with E-state index < -0.39 is 0 Å². The van der Waals surface area contributed by atoms with Gasteiger partial charge < -0.3 is 9.88 Å². The average Bonchev–Trinajstić information content (AvgIpc) is 2.94. The van der Waals surface area contributed by atoms with E-state index in [4.69, 9.17) is 11.6 Å². The molecule has 0 bridgehead atoms. The van der Waals surface area contributed by atoms with E-state index in [9.17, 15) is 0 Å². The topological polar surface area (TPSA) is 33.1 Å². The third-order valence-corrected chi connectivity index (χ3v) is 7.08. The number of rotatable bonds is 6. The van der Waals surface area contributed by atoms with E-state index in [-0.39, 0.29) is 0 Å². The van der Waals surface area contributed by atoms with Crippen LogP contribution in [0.2, 0.25) is 5.02 Å². The standard InChI is InChI=1S/C18H25ClN4S/c1-2-22-9-8-21-17(22)13-23(12-15-14(19)3-10-24-15)16-11-18(16)4-6-20-7-5-18/h3,8-10,16,20H,2,4-7,11-13H2,1H3. The molecule has 130 valence electrons. The SMILES string of the molecule is CCn1ccnc1CN(Cc1sccc1Cl)C1CC12CCNCC2. The third kappa shape index (κ3) is 3.15. The Morgan fingerprint density at radius 1 is 1.42 bits per heavy atom. The fourth-order valence-electron chi connectivity index (χ4n) is 4.16. The summed E-state index contributed by atoms with van der Waals surface area (Å²) in [5.41, 5.74) is 0.526. The van der Waals surface area contributed by atoms with Gasteiger partial charge in [0.15, 0.2) is 0 Å². The fraction of sp³-hybridized carbons (Fsp3) is 0.611. The maximum absolute atomic E-state index is 6.38. The minimum atomic E-state index is 0.526. The van der Waals surface area contributed by atoms with Gasteiger partial charge in [0.2, 0.25) is 0 Å². The van der Waals surface area contributed by atoms with Gasteiger partial charge in [0.1, 0.15) is 5.82 Å². The number of aryl methyl sites for hydroxylation is 1. The molecule has 3 heterocycles. The molecule has 1 aliphatic carbocycles. The zero-order valence-corrected chi connectivity index (χ0v) is 15.7. The summed E-state index contributed by atoms with van der Waals surface area (Å²) in [5, 5.41) is 6.50. The van der Waals surface area contributed by atoms with Gasteiger partial charge in [-0.05, 0) is 56.1 Å². The summed E-state index contributed by atoms with van der Waals surface area (Å²) in [5.74, 6) is 1.17. The molecule has 6 heteroatoms. The summed E-state index contributed by atoms with van der Waals surface area (Å²) < 4.78 is 2.25. The predicted octanol–water partition coefficient (Wildman–Crippen LogP) is 3.76. The van der Waals surface area contributed by atoms with Crippen LogP contribution in [-0.4, -0.2) is 33.6 Å². The minimum Gasteiger partial charge on any atom is -0.334 e. The molecule has 1 saturated heterocycles. The highest BCUT2D eigenvalue weighted by Gasteiger charge is 2.56. The Morgan fingerprint density at radius 2 is 2.25 bits per heavy atom. The van der Waals surface area contributed by atoms with Crippen LogP contribution in [0.1, 0.15) is 36.9 Å². The van der Waals surface area contributed by atoms with Gasteiger partial charge >= 0.3 is 0 Å². The summed E-state index contributed by atoms with van der Waals surface area (Å²) in [6.45, 7) is 7.32. The van der Waals surface area contributed by atoms with Crippen LogP contribution in [-0.2, 0) is 19.6 Å². The molecule has 2 fully saturated rings. The number of halogens is 1. The van der Waals surface area contributed by atoms with Crippen molar-refractivity contribution in [2.45, 2.75) is 51.9 Å². The molecular formula is C18H25ClN4S. The van der Waals surface area contributed by atoms with E-state index in [0.717, 1.165) is 37.7 Å². The molecule has 2 aromatic rings. The number of nitrogens with zero attached hydrogens (tertiary/aromatic N) is 3. The Bertz CT molecular complexity index is 689. The van der Waals surface area contributed by atoms with Crippen molar-refractivity contribution in [1.82, 2.24) is 19.8 Å². The minimum absolute atomic E-state index is 0.526. The molecule has 24 heavy (non-hydrogen) atoms. The summed E-state index contributed by atoms with van der Waals surface area (Å²) >= 11 is 8.15. The lowest BCUT2D eigenvalue weighted by molar-refractivity contribution is 0.183. The summed E-state index contributed by atoms with van der Waals surface area (Å²) in [7, 11) is 0. The highest BCUT2D eigenvalue weighted by atomic mass is 35.5. The monoisotopic (exact) mass is 364 g/mol. The zero-order chi connectivity index (χ0) is 16.6. The average molecular weight is 365 g/mol. The number of piperidine rings is 1. The number of hydrogen-bond acceptors (Lipinski definition) is 4. The Balaban J connectivity index is 1.54. The first kappa shape index (κ1) is 16.6. The summed E-state index contributed by atoms with van der Waals surface area (Å²) in [4.78, 5) is 8.50. The third-order valence-electron chi connectivity index (χ3n) is 5.71. The molecule has 1 N–H and O–H groups in total. The first-order valence-corrected chi connectivity index (χ1v) is 10.1. The second-order valence-electron chi connectivity index (χ2n) is 7.06. The van der Waals surface area contributed by atoms with E-state index in [1.807, 2.05) is 12.3 Å². The van der Waals surface area contributed by atoms with Crippen molar-refractivity contribution >= 4 is 22.9 Å². The summed E-state index contributed by atoms with van der Waals surface area (Å²) in [6, 6.07) is 2.68. The molecule has 1 aliphatic heterocycles. The number of imidazole rings is 1. The van der Waals surface area contributed by atoms with Gasteiger partial charge in [-0.1, -0.05) is 11.6 Å². The number of nitrogens with one attached hydrogen (secondary N) is 1. The van der Waals surface area contributed by atoms with Crippen molar-refractivity contribution in [1.29, 1.82) is 0 Å². The van der Waals surface area contributed by atoms with Crippen LogP contribution < -0.4 is 5.32 Å². The van der Waals surface area contributed by atoms with Gasteiger partial charge in [0, 0.05) is 36.4 Å². The number of aromatic nitrogens is 2. The van der Waals surface area contributed by atoms with Crippen LogP contribution in [0.5, 0.6) is 0 Å². The van der Waals surface area contributed by atoms with Gasteiger partial charge in [0.25, 0.3) is 0 Å². The molecule has 0 aromatic carbocycles. The molecular weight excluding hydrogens is 340 g/mol. The molecule has 4 rings (SSSR count). The molecule has 1 saturated carbocycles. The predicted molar refractivity (Wildman–Crippen MR) is 99.4 cm³/mol. The number of hydrogen-bond donors (Lipinski definition) is 1.